The Bertz CT molecular complexity index is 995. The van der Waals surface area contributed by atoms with Crippen LogP contribution in [0.4, 0.5) is 0 Å². The Morgan fingerprint density at radius 3 is 0.877 bits per heavy atom. The first kappa shape index (κ1) is 63.4. The Balaban J connectivity index is 4.19. The molecule has 0 aromatic rings. The molecule has 386 valence electrons. The first-order valence-corrected chi connectivity index (χ1v) is 29.3. The molecule has 0 amide bonds. The molecule has 6 nitrogen and oxygen atoms in total. The molecular weight excluding hydrogens is 805 g/mol. The van der Waals surface area contributed by atoms with Crippen molar-refractivity contribution in [3.8, 4) is 0 Å². The average molecular weight is 920 g/mol. The summed E-state index contributed by atoms with van der Waals surface area (Å²) < 4.78 is 16.9. The van der Waals surface area contributed by atoms with E-state index in [2.05, 4.69) is 34.6 Å². The van der Waals surface area contributed by atoms with E-state index in [4.69, 9.17) is 14.2 Å². The van der Waals surface area contributed by atoms with Gasteiger partial charge in [0.25, 0.3) is 0 Å². The lowest BCUT2D eigenvalue weighted by Crippen LogP contribution is -2.30. The van der Waals surface area contributed by atoms with E-state index in [1.165, 1.54) is 218 Å². The fourth-order valence-electron chi connectivity index (χ4n) is 9.02. The van der Waals surface area contributed by atoms with E-state index < -0.39 is 6.10 Å². The second-order valence-corrected chi connectivity index (χ2v) is 21.0. The van der Waals surface area contributed by atoms with E-state index >= 15 is 0 Å². The fraction of sp³-hybridized carbons (Fsp3) is 0.949. The second kappa shape index (κ2) is 51.8. The molecule has 0 heterocycles. The summed E-state index contributed by atoms with van der Waals surface area (Å²) in [7, 11) is 0. The third-order valence-electron chi connectivity index (χ3n) is 13.8. The van der Waals surface area contributed by atoms with Gasteiger partial charge >= 0.3 is 17.9 Å². The smallest absolute Gasteiger partial charge is 0.306 e. The van der Waals surface area contributed by atoms with Crippen LogP contribution in [0, 0.1) is 11.8 Å². The van der Waals surface area contributed by atoms with Gasteiger partial charge in [-0.25, -0.2) is 0 Å². The standard InChI is InChI=1S/C59H114O6/c1-6-8-9-10-11-12-13-14-15-21-24-27-30-33-39-44-49-57(60)63-52-56(53-64-58(61)50-45-40-36-35-37-42-47-54(3)4)65-59(62)51-46-41-34-31-28-25-22-19-17-16-18-20-23-26-29-32-38-43-48-55(5)7-2/h54-56H,6-53H2,1-5H3/t55?,56-/m0/s1. The predicted octanol–water partition coefficient (Wildman–Crippen LogP) is 19.3. The van der Waals surface area contributed by atoms with Crippen LogP contribution in [0.5, 0.6) is 0 Å². The predicted molar refractivity (Wildman–Crippen MR) is 280 cm³/mol. The minimum atomic E-state index is -0.763. The maximum atomic E-state index is 12.8. The highest BCUT2D eigenvalue weighted by molar-refractivity contribution is 5.71. The lowest BCUT2D eigenvalue weighted by atomic mass is 9.99. The number of ether oxygens (including phenoxy) is 3. The summed E-state index contributed by atoms with van der Waals surface area (Å²) in [6, 6.07) is 0. The minimum Gasteiger partial charge on any atom is -0.462 e. The first-order valence-electron chi connectivity index (χ1n) is 29.3. The number of carbonyl (C=O) groups is 3. The quantitative estimate of drug-likeness (QED) is 0.0344. The Morgan fingerprint density at radius 2 is 0.585 bits per heavy atom. The summed E-state index contributed by atoms with van der Waals surface area (Å²) in [5, 5.41) is 0. The van der Waals surface area contributed by atoms with Crippen LogP contribution in [0.2, 0.25) is 0 Å². The second-order valence-electron chi connectivity index (χ2n) is 21.0. The Morgan fingerprint density at radius 1 is 0.323 bits per heavy atom. The van der Waals surface area contributed by atoms with Crippen LogP contribution in [-0.2, 0) is 28.6 Å². The van der Waals surface area contributed by atoms with Crippen LogP contribution >= 0.6 is 0 Å². The molecule has 0 fully saturated rings. The largest absolute Gasteiger partial charge is 0.462 e. The van der Waals surface area contributed by atoms with Crippen molar-refractivity contribution in [3.05, 3.63) is 0 Å². The summed E-state index contributed by atoms with van der Waals surface area (Å²) in [6.07, 6.45) is 55.4. The monoisotopic (exact) mass is 919 g/mol. The summed E-state index contributed by atoms with van der Waals surface area (Å²) in [6.45, 7) is 11.4. The van der Waals surface area contributed by atoms with Crippen molar-refractivity contribution < 1.29 is 28.6 Å². The fourth-order valence-corrected chi connectivity index (χ4v) is 9.02. The van der Waals surface area contributed by atoms with Crippen LogP contribution in [0.3, 0.4) is 0 Å². The molecule has 0 saturated heterocycles. The number of carbonyl (C=O) groups excluding carboxylic acids is 3. The SMILES string of the molecule is CCCCCCCCCCCCCCCCCCC(=O)OC[C@@H](COC(=O)CCCCCCCCC(C)C)OC(=O)CCCCCCCCCCCCCCCCCCCCC(C)CC. The number of unbranched alkanes of at least 4 members (excludes halogenated alkanes) is 37. The highest BCUT2D eigenvalue weighted by Gasteiger charge is 2.19. The van der Waals surface area contributed by atoms with Crippen LogP contribution in [0.25, 0.3) is 0 Å². The molecule has 0 aliphatic carbocycles. The zero-order chi connectivity index (χ0) is 47.5. The molecule has 0 saturated carbocycles. The summed E-state index contributed by atoms with van der Waals surface area (Å²) >= 11 is 0. The van der Waals surface area contributed by atoms with Crippen LogP contribution in [-0.4, -0.2) is 37.2 Å². The molecule has 0 aliphatic rings. The molecule has 65 heavy (non-hydrogen) atoms. The van der Waals surface area contributed by atoms with Gasteiger partial charge in [0.15, 0.2) is 6.10 Å². The number of hydrogen-bond donors (Lipinski definition) is 0. The van der Waals surface area contributed by atoms with E-state index in [0.717, 1.165) is 69.6 Å². The summed E-state index contributed by atoms with van der Waals surface area (Å²) in [5.74, 6) is 0.827. The van der Waals surface area contributed by atoms with Gasteiger partial charge in [0, 0.05) is 19.3 Å². The van der Waals surface area contributed by atoms with Crippen molar-refractivity contribution in [2.24, 2.45) is 11.8 Å². The molecule has 0 radical (unpaired) electrons. The maximum Gasteiger partial charge on any atom is 0.306 e. The van der Waals surface area contributed by atoms with E-state index in [1.807, 2.05) is 0 Å². The third-order valence-corrected chi connectivity index (χ3v) is 13.8. The molecular formula is C59H114O6. The lowest BCUT2D eigenvalue weighted by molar-refractivity contribution is -0.167. The molecule has 0 aromatic carbocycles. The van der Waals surface area contributed by atoms with Gasteiger partial charge in [-0.05, 0) is 31.1 Å². The molecule has 2 atom stereocenters. The third kappa shape index (κ3) is 51.6. The molecule has 0 N–H and O–H groups in total. The van der Waals surface area contributed by atoms with E-state index in [-0.39, 0.29) is 31.1 Å². The van der Waals surface area contributed by atoms with E-state index in [1.54, 1.807) is 0 Å². The first-order chi connectivity index (χ1) is 31.8. The summed E-state index contributed by atoms with van der Waals surface area (Å²) in [5.41, 5.74) is 0. The lowest BCUT2D eigenvalue weighted by Gasteiger charge is -2.18. The molecule has 0 spiro atoms. The molecule has 0 bridgehead atoms. The van der Waals surface area contributed by atoms with Crippen LogP contribution < -0.4 is 0 Å². The van der Waals surface area contributed by atoms with Crippen LogP contribution in [0.15, 0.2) is 0 Å². The topological polar surface area (TPSA) is 78.9 Å². The van der Waals surface area contributed by atoms with Gasteiger partial charge in [-0.2, -0.15) is 0 Å². The van der Waals surface area contributed by atoms with Gasteiger partial charge in [-0.15, -0.1) is 0 Å². The highest BCUT2D eigenvalue weighted by atomic mass is 16.6. The van der Waals surface area contributed by atoms with Gasteiger partial charge in [0.2, 0.25) is 0 Å². The zero-order valence-corrected chi connectivity index (χ0v) is 44.6. The summed E-state index contributed by atoms with van der Waals surface area (Å²) in [4.78, 5) is 38.0. The van der Waals surface area contributed by atoms with Gasteiger partial charge in [-0.1, -0.05) is 291 Å². The van der Waals surface area contributed by atoms with Crippen molar-refractivity contribution in [1.29, 1.82) is 0 Å². The molecule has 0 aromatic heterocycles. The molecule has 0 rings (SSSR count). The van der Waals surface area contributed by atoms with Crippen molar-refractivity contribution in [2.45, 2.75) is 336 Å². The number of rotatable bonds is 53. The molecule has 0 aliphatic heterocycles. The van der Waals surface area contributed by atoms with Gasteiger partial charge < -0.3 is 14.2 Å². The van der Waals surface area contributed by atoms with Gasteiger partial charge in [-0.3, -0.25) is 14.4 Å². The van der Waals surface area contributed by atoms with Crippen molar-refractivity contribution in [2.75, 3.05) is 13.2 Å². The minimum absolute atomic E-state index is 0.0636. The van der Waals surface area contributed by atoms with Crippen LogP contribution in [0.1, 0.15) is 330 Å². The number of hydrogen-bond acceptors (Lipinski definition) is 6. The number of esters is 3. The Labute approximate surface area is 406 Å². The Hall–Kier alpha value is -1.59. The maximum absolute atomic E-state index is 12.8. The van der Waals surface area contributed by atoms with E-state index in [9.17, 15) is 14.4 Å². The highest BCUT2D eigenvalue weighted by Crippen LogP contribution is 2.19. The zero-order valence-electron chi connectivity index (χ0n) is 44.6. The average Bonchev–Trinajstić information content (AvgIpc) is 3.29. The van der Waals surface area contributed by atoms with Crippen molar-refractivity contribution in [3.63, 3.8) is 0 Å². The molecule has 6 heteroatoms. The van der Waals surface area contributed by atoms with Crippen molar-refractivity contribution in [1.82, 2.24) is 0 Å². The normalized spacial score (nSPS) is 12.5. The Kier molecular flexibility index (Phi) is 50.5. The van der Waals surface area contributed by atoms with Crippen molar-refractivity contribution >= 4 is 17.9 Å². The van der Waals surface area contributed by atoms with Gasteiger partial charge in [0.05, 0.1) is 0 Å². The molecule has 1 unspecified atom stereocenters. The van der Waals surface area contributed by atoms with Gasteiger partial charge in [0.1, 0.15) is 13.2 Å². The van der Waals surface area contributed by atoms with E-state index in [0.29, 0.717) is 19.3 Å².